The van der Waals surface area contributed by atoms with Crippen molar-refractivity contribution in [2.24, 2.45) is 5.10 Å². The van der Waals surface area contributed by atoms with Crippen LogP contribution < -0.4 is 4.74 Å². The number of nitrogens with one attached hydrogen (secondary N) is 1. The Morgan fingerprint density at radius 1 is 1.33 bits per heavy atom. The van der Waals surface area contributed by atoms with E-state index in [9.17, 15) is 4.39 Å². The van der Waals surface area contributed by atoms with Crippen LogP contribution in [0.2, 0.25) is 5.02 Å². The van der Waals surface area contributed by atoms with Crippen molar-refractivity contribution >= 4 is 30.0 Å². The van der Waals surface area contributed by atoms with Crippen LogP contribution in [0.25, 0.3) is 11.4 Å². The van der Waals surface area contributed by atoms with Crippen molar-refractivity contribution in [3.63, 3.8) is 0 Å². The maximum atomic E-state index is 13.9. The molecule has 0 aliphatic heterocycles. The lowest BCUT2D eigenvalue weighted by Gasteiger charge is -2.04. The third kappa shape index (κ3) is 3.22. The van der Waals surface area contributed by atoms with Gasteiger partial charge in [0.2, 0.25) is 4.77 Å². The Bertz CT molecular complexity index is 946. The van der Waals surface area contributed by atoms with Gasteiger partial charge in [0.15, 0.2) is 5.82 Å². The molecule has 0 unspecified atom stereocenters. The minimum Gasteiger partial charge on any atom is -0.497 e. The monoisotopic (exact) mass is 362 g/mol. The fraction of sp³-hybridized carbons (Fsp3) is 0.0625. The lowest BCUT2D eigenvalue weighted by atomic mass is 10.2. The van der Waals surface area contributed by atoms with E-state index in [4.69, 9.17) is 28.6 Å². The van der Waals surface area contributed by atoms with Gasteiger partial charge in [0.25, 0.3) is 0 Å². The molecule has 8 heteroatoms. The Balaban J connectivity index is 2.05. The van der Waals surface area contributed by atoms with Gasteiger partial charge in [-0.15, -0.1) is 0 Å². The largest absolute Gasteiger partial charge is 0.497 e. The molecule has 1 aromatic heterocycles. The summed E-state index contributed by atoms with van der Waals surface area (Å²) in [4.78, 5) is 0. The second-order valence-electron chi connectivity index (χ2n) is 4.78. The molecule has 0 spiro atoms. The minimum absolute atomic E-state index is 0.179. The van der Waals surface area contributed by atoms with Gasteiger partial charge in [-0.05, 0) is 36.5 Å². The van der Waals surface area contributed by atoms with Crippen molar-refractivity contribution in [3.8, 4) is 17.1 Å². The minimum atomic E-state index is -0.468. The summed E-state index contributed by atoms with van der Waals surface area (Å²) in [5.74, 6) is 0.681. The molecule has 3 rings (SSSR count). The highest BCUT2D eigenvalue weighted by molar-refractivity contribution is 7.71. The Labute approximate surface area is 147 Å². The summed E-state index contributed by atoms with van der Waals surface area (Å²) in [6.07, 6.45) is 1.31. The predicted octanol–water partition coefficient (Wildman–Crippen LogP) is 4.29. The van der Waals surface area contributed by atoms with E-state index in [1.54, 1.807) is 19.2 Å². The molecule has 5 nitrogen and oxygen atoms in total. The normalized spacial score (nSPS) is 11.1. The number of nitrogens with zero attached hydrogens (tertiary/aromatic N) is 3. The summed E-state index contributed by atoms with van der Waals surface area (Å²) in [7, 11) is 1.58. The van der Waals surface area contributed by atoms with E-state index in [0.29, 0.717) is 11.6 Å². The molecule has 0 aliphatic carbocycles. The van der Waals surface area contributed by atoms with Gasteiger partial charge >= 0.3 is 0 Å². The van der Waals surface area contributed by atoms with E-state index in [0.717, 1.165) is 5.56 Å². The highest BCUT2D eigenvalue weighted by Gasteiger charge is 2.10. The number of aromatic amines is 1. The van der Waals surface area contributed by atoms with Crippen molar-refractivity contribution in [3.05, 3.63) is 63.6 Å². The van der Waals surface area contributed by atoms with Crippen LogP contribution in [-0.4, -0.2) is 28.2 Å². The maximum Gasteiger partial charge on any atom is 0.216 e. The van der Waals surface area contributed by atoms with Gasteiger partial charge in [-0.2, -0.15) is 14.9 Å². The summed E-state index contributed by atoms with van der Waals surface area (Å²) in [6, 6.07) is 11.7. The molecule has 0 atom stereocenters. The number of hydrogen-bond donors (Lipinski definition) is 1. The molecule has 0 aliphatic rings. The third-order valence-electron chi connectivity index (χ3n) is 3.28. The molecule has 122 valence electrons. The molecule has 2 aromatic carbocycles. The zero-order valence-electron chi connectivity index (χ0n) is 12.5. The summed E-state index contributed by atoms with van der Waals surface area (Å²) < 4.78 is 20.7. The van der Waals surface area contributed by atoms with Crippen LogP contribution in [0.1, 0.15) is 5.56 Å². The Hall–Kier alpha value is -2.51. The topological polar surface area (TPSA) is 55.2 Å². The summed E-state index contributed by atoms with van der Waals surface area (Å²) >= 11 is 11.2. The number of H-pyrrole nitrogens is 1. The van der Waals surface area contributed by atoms with Crippen LogP contribution in [0.4, 0.5) is 4.39 Å². The zero-order valence-corrected chi connectivity index (χ0v) is 14.1. The van der Waals surface area contributed by atoms with Crippen LogP contribution >= 0.6 is 23.8 Å². The van der Waals surface area contributed by atoms with Crippen LogP contribution in [0, 0.1) is 10.6 Å². The maximum absolute atomic E-state index is 13.9. The predicted molar refractivity (Wildman–Crippen MR) is 93.8 cm³/mol. The molecule has 0 saturated carbocycles. The van der Waals surface area contributed by atoms with E-state index >= 15 is 0 Å². The molecule has 0 bridgehead atoms. The number of halogens is 2. The fourth-order valence-electron chi connectivity index (χ4n) is 2.10. The molecule has 3 aromatic rings. The SMILES string of the molecule is COc1cccc(-c2n[nH]c(=S)n2N=Cc2c(F)cccc2Cl)c1. The van der Waals surface area contributed by atoms with Gasteiger partial charge in [-0.3, -0.25) is 0 Å². The van der Waals surface area contributed by atoms with Crippen LogP contribution in [-0.2, 0) is 0 Å². The second-order valence-corrected chi connectivity index (χ2v) is 5.57. The van der Waals surface area contributed by atoms with Gasteiger partial charge in [0, 0.05) is 11.1 Å². The number of rotatable bonds is 4. The van der Waals surface area contributed by atoms with Crippen molar-refractivity contribution in [2.75, 3.05) is 7.11 Å². The first kappa shape index (κ1) is 16.4. The molecule has 1 heterocycles. The first-order chi connectivity index (χ1) is 11.6. The number of hydrogen-bond acceptors (Lipinski definition) is 4. The van der Waals surface area contributed by atoms with E-state index in [1.807, 2.05) is 18.2 Å². The van der Waals surface area contributed by atoms with Gasteiger partial charge < -0.3 is 4.74 Å². The highest BCUT2D eigenvalue weighted by Crippen LogP contribution is 2.23. The molecule has 0 saturated heterocycles. The fourth-order valence-corrected chi connectivity index (χ4v) is 2.49. The van der Waals surface area contributed by atoms with Crippen LogP contribution in [0.3, 0.4) is 0 Å². The molecule has 1 N–H and O–H groups in total. The standard InChI is InChI=1S/C16H12ClFN4OS/c1-23-11-5-2-4-10(8-11)15-20-21-16(24)22(15)19-9-12-13(17)6-3-7-14(12)18/h2-9H,1H3,(H,21,24). The average molecular weight is 363 g/mol. The number of methoxy groups -OCH3 is 1. The summed E-state index contributed by atoms with van der Waals surface area (Å²) in [6.45, 7) is 0. The van der Waals surface area contributed by atoms with Crippen molar-refractivity contribution in [1.82, 2.24) is 14.9 Å². The summed E-state index contributed by atoms with van der Waals surface area (Å²) in [5, 5.41) is 11.3. The first-order valence-corrected chi connectivity index (χ1v) is 7.69. The number of aromatic nitrogens is 3. The van der Waals surface area contributed by atoms with Gasteiger partial charge in [0.05, 0.1) is 18.3 Å². The van der Waals surface area contributed by atoms with Crippen molar-refractivity contribution in [2.45, 2.75) is 0 Å². The van der Waals surface area contributed by atoms with Crippen LogP contribution in [0.5, 0.6) is 5.75 Å². The lowest BCUT2D eigenvalue weighted by Crippen LogP contribution is -1.97. The molecular weight excluding hydrogens is 351 g/mol. The number of benzene rings is 2. The second kappa shape index (κ2) is 6.94. The smallest absolute Gasteiger partial charge is 0.216 e. The summed E-state index contributed by atoms with van der Waals surface area (Å²) in [5.41, 5.74) is 0.928. The van der Waals surface area contributed by atoms with Crippen LogP contribution in [0.15, 0.2) is 47.6 Å². The third-order valence-corrected chi connectivity index (χ3v) is 3.87. The van der Waals surface area contributed by atoms with E-state index in [-0.39, 0.29) is 15.4 Å². The van der Waals surface area contributed by atoms with Gasteiger partial charge in [0.1, 0.15) is 11.6 Å². The number of ether oxygens (including phenoxy) is 1. The van der Waals surface area contributed by atoms with E-state index < -0.39 is 5.82 Å². The van der Waals surface area contributed by atoms with Crippen molar-refractivity contribution < 1.29 is 9.13 Å². The molecule has 0 radical (unpaired) electrons. The van der Waals surface area contributed by atoms with E-state index in [1.165, 1.54) is 23.0 Å². The molecule has 24 heavy (non-hydrogen) atoms. The molecule has 0 amide bonds. The quantitative estimate of drug-likeness (QED) is 0.556. The Morgan fingerprint density at radius 3 is 2.88 bits per heavy atom. The highest BCUT2D eigenvalue weighted by atomic mass is 35.5. The lowest BCUT2D eigenvalue weighted by molar-refractivity contribution is 0.415. The van der Waals surface area contributed by atoms with Gasteiger partial charge in [-0.1, -0.05) is 29.8 Å². The Morgan fingerprint density at radius 2 is 2.12 bits per heavy atom. The van der Waals surface area contributed by atoms with Gasteiger partial charge in [-0.25, -0.2) is 9.49 Å². The zero-order chi connectivity index (χ0) is 17.1. The van der Waals surface area contributed by atoms with E-state index in [2.05, 4.69) is 15.3 Å². The van der Waals surface area contributed by atoms with Crippen molar-refractivity contribution in [1.29, 1.82) is 0 Å². The first-order valence-electron chi connectivity index (χ1n) is 6.90. The molecule has 0 fully saturated rings. The molecular formula is C16H12ClFN4OS. The Kier molecular flexibility index (Phi) is 4.73. The average Bonchev–Trinajstić information content (AvgIpc) is 2.95.